The highest BCUT2D eigenvalue weighted by molar-refractivity contribution is 6.10. The topological polar surface area (TPSA) is 80.6 Å². The van der Waals surface area contributed by atoms with Gasteiger partial charge in [0.2, 0.25) is 0 Å². The Hall–Kier alpha value is -4.24. The van der Waals surface area contributed by atoms with E-state index in [1.165, 1.54) is 13.2 Å². The molecule has 6 heteroatoms. The van der Waals surface area contributed by atoms with E-state index in [-0.39, 0.29) is 5.57 Å². The molecule has 0 aliphatic rings. The Bertz CT molecular complexity index is 1120. The van der Waals surface area contributed by atoms with Crippen LogP contribution in [0.3, 0.4) is 0 Å². The number of rotatable bonds is 8. The van der Waals surface area contributed by atoms with Gasteiger partial charge in [0.25, 0.3) is 5.91 Å². The highest BCUT2D eigenvalue weighted by Gasteiger charge is 2.14. The number of ether oxygens (including phenoxy) is 3. The zero-order chi connectivity index (χ0) is 22.1. The lowest BCUT2D eigenvalue weighted by atomic mass is 10.1. The van der Waals surface area contributed by atoms with Crippen LogP contribution in [0.25, 0.3) is 6.08 Å². The molecule has 0 aromatic heterocycles. The number of hydrogen-bond acceptors (Lipinski definition) is 5. The third-order valence-corrected chi connectivity index (χ3v) is 4.27. The first kappa shape index (κ1) is 21.5. The molecule has 0 saturated carbocycles. The molecule has 6 nitrogen and oxygen atoms in total. The van der Waals surface area contributed by atoms with Gasteiger partial charge in [-0.15, -0.1) is 0 Å². The van der Waals surface area contributed by atoms with Gasteiger partial charge in [0.15, 0.2) is 17.2 Å². The van der Waals surface area contributed by atoms with Crippen molar-refractivity contribution in [1.29, 1.82) is 5.26 Å². The van der Waals surface area contributed by atoms with Gasteiger partial charge in [-0.2, -0.15) is 5.26 Å². The van der Waals surface area contributed by atoms with Crippen molar-refractivity contribution in [2.75, 3.05) is 19.0 Å². The number of nitrogens with zero attached hydrogens (tertiary/aromatic N) is 1. The predicted octanol–water partition coefficient (Wildman–Crippen LogP) is 5.43. The summed E-state index contributed by atoms with van der Waals surface area (Å²) in [6, 6.07) is 23.4. The molecule has 0 aliphatic carbocycles. The van der Waals surface area contributed by atoms with Crippen LogP contribution in [0, 0.1) is 11.3 Å². The van der Waals surface area contributed by atoms with Crippen LogP contribution in [0.1, 0.15) is 12.5 Å². The zero-order valence-electron chi connectivity index (χ0n) is 17.3. The smallest absolute Gasteiger partial charge is 0.266 e. The number of methoxy groups -OCH3 is 1. The van der Waals surface area contributed by atoms with E-state index in [0.717, 1.165) is 0 Å². The molecule has 31 heavy (non-hydrogen) atoms. The third-order valence-electron chi connectivity index (χ3n) is 4.27. The summed E-state index contributed by atoms with van der Waals surface area (Å²) in [5, 5.41) is 12.3. The molecule has 156 valence electrons. The van der Waals surface area contributed by atoms with Gasteiger partial charge >= 0.3 is 0 Å². The van der Waals surface area contributed by atoms with E-state index in [4.69, 9.17) is 14.2 Å². The molecule has 0 atom stereocenters. The third kappa shape index (κ3) is 5.64. The number of nitriles is 1. The minimum Gasteiger partial charge on any atom is -0.493 e. The molecular formula is C25H22N2O4. The summed E-state index contributed by atoms with van der Waals surface area (Å²) in [5.74, 6) is 1.69. The van der Waals surface area contributed by atoms with Crippen molar-refractivity contribution in [2.45, 2.75) is 6.92 Å². The highest BCUT2D eigenvalue weighted by atomic mass is 16.5. The molecule has 0 fully saturated rings. The fraction of sp³-hybridized carbons (Fsp3) is 0.120. The standard InChI is InChI=1S/C25H22N2O4/c1-3-30-23-14-13-18(16-24(23)29-2)15-19(17-26)25(28)27-21-11-7-8-12-22(21)31-20-9-5-4-6-10-20/h4-16H,3H2,1-2H3,(H,27,28)/b19-15-. The Kier molecular flexibility index (Phi) is 7.28. The maximum absolute atomic E-state index is 12.8. The number of benzene rings is 3. The van der Waals surface area contributed by atoms with E-state index in [9.17, 15) is 10.1 Å². The summed E-state index contributed by atoms with van der Waals surface area (Å²) >= 11 is 0. The fourth-order valence-corrected chi connectivity index (χ4v) is 2.83. The zero-order valence-corrected chi connectivity index (χ0v) is 17.3. The Labute approximate surface area is 181 Å². The van der Waals surface area contributed by atoms with Crippen molar-refractivity contribution in [3.8, 4) is 29.1 Å². The van der Waals surface area contributed by atoms with Crippen molar-refractivity contribution in [3.05, 3.63) is 83.9 Å². The number of nitrogens with one attached hydrogen (secondary N) is 1. The molecule has 0 saturated heterocycles. The number of para-hydroxylation sites is 3. The average molecular weight is 414 g/mol. The van der Waals surface area contributed by atoms with Gasteiger partial charge in [-0.25, -0.2) is 0 Å². The van der Waals surface area contributed by atoms with Gasteiger partial charge in [0, 0.05) is 0 Å². The number of hydrogen-bond donors (Lipinski definition) is 1. The van der Waals surface area contributed by atoms with Crippen LogP contribution in [0.5, 0.6) is 23.0 Å². The normalized spacial score (nSPS) is 10.7. The van der Waals surface area contributed by atoms with Crippen molar-refractivity contribution < 1.29 is 19.0 Å². The van der Waals surface area contributed by atoms with Crippen LogP contribution in [0.2, 0.25) is 0 Å². The van der Waals surface area contributed by atoms with Crippen LogP contribution in [-0.4, -0.2) is 19.6 Å². The van der Waals surface area contributed by atoms with Crippen molar-refractivity contribution >= 4 is 17.7 Å². The van der Waals surface area contributed by atoms with Gasteiger partial charge in [-0.3, -0.25) is 4.79 Å². The Morgan fingerprint density at radius 1 is 1.00 bits per heavy atom. The summed E-state index contributed by atoms with van der Waals surface area (Å²) < 4.78 is 16.7. The van der Waals surface area contributed by atoms with E-state index in [2.05, 4.69) is 5.32 Å². The second-order valence-corrected chi connectivity index (χ2v) is 6.38. The van der Waals surface area contributed by atoms with E-state index in [1.54, 1.807) is 42.5 Å². The summed E-state index contributed by atoms with van der Waals surface area (Å²) in [7, 11) is 1.53. The van der Waals surface area contributed by atoms with E-state index in [0.29, 0.717) is 40.9 Å². The SMILES string of the molecule is CCOc1ccc(/C=C(/C#N)C(=O)Nc2ccccc2Oc2ccccc2)cc1OC. The lowest BCUT2D eigenvalue weighted by molar-refractivity contribution is -0.112. The monoisotopic (exact) mass is 414 g/mol. The first-order chi connectivity index (χ1) is 15.1. The molecule has 0 radical (unpaired) electrons. The second kappa shape index (κ2) is 10.5. The Morgan fingerprint density at radius 2 is 1.74 bits per heavy atom. The van der Waals surface area contributed by atoms with Crippen molar-refractivity contribution in [1.82, 2.24) is 0 Å². The number of carbonyl (C=O) groups excluding carboxylic acids is 1. The lowest BCUT2D eigenvalue weighted by Crippen LogP contribution is -2.14. The Morgan fingerprint density at radius 3 is 2.45 bits per heavy atom. The van der Waals surface area contributed by atoms with E-state index in [1.807, 2.05) is 43.3 Å². The molecule has 0 spiro atoms. The molecule has 0 aliphatic heterocycles. The highest BCUT2D eigenvalue weighted by Crippen LogP contribution is 2.31. The van der Waals surface area contributed by atoms with Crippen molar-refractivity contribution in [2.24, 2.45) is 0 Å². The average Bonchev–Trinajstić information content (AvgIpc) is 2.80. The second-order valence-electron chi connectivity index (χ2n) is 6.38. The van der Waals surface area contributed by atoms with Gasteiger partial charge in [0.05, 0.1) is 19.4 Å². The van der Waals surface area contributed by atoms with Gasteiger partial charge < -0.3 is 19.5 Å². The minimum atomic E-state index is -0.542. The van der Waals surface area contributed by atoms with Crippen LogP contribution in [0.4, 0.5) is 5.69 Å². The molecule has 0 unspecified atom stereocenters. The first-order valence-electron chi connectivity index (χ1n) is 9.70. The first-order valence-corrected chi connectivity index (χ1v) is 9.70. The summed E-state index contributed by atoms with van der Waals surface area (Å²) in [6.07, 6.45) is 1.49. The van der Waals surface area contributed by atoms with Gasteiger partial charge in [-0.1, -0.05) is 36.4 Å². The molecular weight excluding hydrogens is 392 g/mol. The number of anilines is 1. The van der Waals surface area contributed by atoms with Gasteiger partial charge in [-0.05, 0) is 55.0 Å². The molecule has 1 N–H and O–H groups in total. The van der Waals surface area contributed by atoms with Crippen LogP contribution >= 0.6 is 0 Å². The molecule has 1 amide bonds. The quantitative estimate of drug-likeness (QED) is 0.393. The van der Waals surface area contributed by atoms with Crippen LogP contribution in [-0.2, 0) is 4.79 Å². The van der Waals surface area contributed by atoms with Crippen LogP contribution in [0.15, 0.2) is 78.4 Å². The van der Waals surface area contributed by atoms with Gasteiger partial charge in [0.1, 0.15) is 17.4 Å². The molecule has 0 heterocycles. The summed E-state index contributed by atoms with van der Waals surface area (Å²) in [5.41, 5.74) is 1.04. The fourth-order valence-electron chi connectivity index (χ4n) is 2.83. The van der Waals surface area contributed by atoms with E-state index >= 15 is 0 Å². The van der Waals surface area contributed by atoms with Crippen molar-refractivity contribution in [3.63, 3.8) is 0 Å². The number of amides is 1. The number of carbonyl (C=O) groups is 1. The molecule has 3 aromatic rings. The molecule has 3 rings (SSSR count). The predicted molar refractivity (Wildman–Crippen MR) is 119 cm³/mol. The Balaban J connectivity index is 1.82. The minimum absolute atomic E-state index is 0.0549. The lowest BCUT2D eigenvalue weighted by Gasteiger charge is -2.12. The maximum atomic E-state index is 12.8. The summed E-state index contributed by atoms with van der Waals surface area (Å²) in [4.78, 5) is 12.8. The summed E-state index contributed by atoms with van der Waals surface area (Å²) in [6.45, 7) is 2.38. The largest absolute Gasteiger partial charge is 0.493 e. The molecule has 0 bridgehead atoms. The van der Waals surface area contributed by atoms with Crippen LogP contribution < -0.4 is 19.5 Å². The van der Waals surface area contributed by atoms with E-state index < -0.39 is 5.91 Å². The maximum Gasteiger partial charge on any atom is 0.266 e. The molecule has 3 aromatic carbocycles.